The van der Waals surface area contributed by atoms with Gasteiger partial charge in [0.25, 0.3) is 0 Å². The number of nitrogens with zero attached hydrogens (tertiary/aromatic N) is 4. The molecular formula is C18H35IN6O2S2. The summed E-state index contributed by atoms with van der Waals surface area (Å²) in [6, 6.07) is 0.584. The molecule has 0 bridgehead atoms. The number of rotatable bonds is 10. The lowest BCUT2D eigenvalue weighted by Gasteiger charge is -2.18. The van der Waals surface area contributed by atoms with E-state index in [9.17, 15) is 8.42 Å². The molecule has 0 amide bonds. The van der Waals surface area contributed by atoms with Crippen LogP contribution in [0.3, 0.4) is 0 Å². The first kappa shape index (κ1) is 26.5. The van der Waals surface area contributed by atoms with Crippen molar-refractivity contribution in [3.05, 3.63) is 5.82 Å². The van der Waals surface area contributed by atoms with Crippen LogP contribution in [-0.2, 0) is 16.3 Å². The lowest BCUT2D eigenvalue weighted by atomic mass is 10.2. The molecule has 168 valence electrons. The Morgan fingerprint density at radius 2 is 2.03 bits per heavy atom. The van der Waals surface area contributed by atoms with Gasteiger partial charge in [-0.3, -0.25) is 4.99 Å². The second-order valence-electron chi connectivity index (χ2n) is 7.48. The Morgan fingerprint density at radius 1 is 1.34 bits per heavy atom. The van der Waals surface area contributed by atoms with E-state index >= 15 is 0 Å². The quantitative estimate of drug-likeness (QED) is 0.150. The summed E-state index contributed by atoms with van der Waals surface area (Å²) in [5, 5.41) is 16.4. The standard InChI is InChI=1S/C18H34N6O2S2.HI/c1-14(11-13-28(4,25)26)21-17(19-2)20-12-7-10-16-22-23-18(27-3)24(16)15-8-5-6-9-15;/h14-15H,5-13H2,1-4H3,(H2,19,20,21);1H. The molecule has 29 heavy (non-hydrogen) atoms. The summed E-state index contributed by atoms with van der Waals surface area (Å²) >= 11 is 1.67. The molecule has 1 atom stereocenters. The van der Waals surface area contributed by atoms with Gasteiger partial charge < -0.3 is 15.2 Å². The fourth-order valence-electron chi connectivity index (χ4n) is 3.49. The number of guanidine groups is 1. The van der Waals surface area contributed by atoms with E-state index in [-0.39, 0.29) is 35.8 Å². The number of halogens is 1. The van der Waals surface area contributed by atoms with E-state index in [1.807, 2.05) is 6.92 Å². The van der Waals surface area contributed by atoms with Crippen molar-refractivity contribution in [1.82, 2.24) is 25.4 Å². The zero-order chi connectivity index (χ0) is 20.6. The minimum absolute atomic E-state index is 0. The number of nitrogens with one attached hydrogen (secondary N) is 2. The van der Waals surface area contributed by atoms with Crippen molar-refractivity contribution in [2.24, 2.45) is 4.99 Å². The van der Waals surface area contributed by atoms with E-state index in [1.54, 1.807) is 18.8 Å². The van der Waals surface area contributed by atoms with Crippen LogP contribution >= 0.6 is 35.7 Å². The van der Waals surface area contributed by atoms with Gasteiger partial charge in [-0.05, 0) is 38.9 Å². The second-order valence-corrected chi connectivity index (χ2v) is 10.5. The van der Waals surface area contributed by atoms with Gasteiger partial charge in [-0.25, -0.2) is 8.42 Å². The van der Waals surface area contributed by atoms with Crippen LogP contribution in [0.4, 0.5) is 0 Å². The highest BCUT2D eigenvalue weighted by Gasteiger charge is 2.23. The molecule has 8 nitrogen and oxygen atoms in total. The maximum Gasteiger partial charge on any atom is 0.191 e. The van der Waals surface area contributed by atoms with Crippen LogP contribution in [0, 0.1) is 0 Å². The normalized spacial score (nSPS) is 16.5. The van der Waals surface area contributed by atoms with Crippen molar-refractivity contribution in [1.29, 1.82) is 0 Å². The summed E-state index contributed by atoms with van der Waals surface area (Å²) in [6.45, 7) is 2.73. The minimum atomic E-state index is -2.94. The molecule has 2 N–H and O–H groups in total. The van der Waals surface area contributed by atoms with Gasteiger partial charge in [0.2, 0.25) is 0 Å². The Bertz CT molecular complexity index is 748. The predicted molar refractivity (Wildman–Crippen MR) is 131 cm³/mol. The highest BCUT2D eigenvalue weighted by atomic mass is 127. The van der Waals surface area contributed by atoms with Gasteiger partial charge in [-0.1, -0.05) is 24.6 Å². The number of aromatic nitrogens is 3. The molecule has 1 saturated carbocycles. The third-order valence-corrected chi connectivity index (χ3v) is 6.63. The van der Waals surface area contributed by atoms with Crippen LogP contribution in [0.25, 0.3) is 0 Å². The van der Waals surface area contributed by atoms with Crippen LogP contribution in [0.15, 0.2) is 10.1 Å². The fraction of sp³-hybridized carbons (Fsp3) is 0.833. The molecular weight excluding hydrogens is 523 g/mol. The molecule has 1 aliphatic rings. The van der Waals surface area contributed by atoms with Gasteiger partial charge >= 0.3 is 0 Å². The smallest absolute Gasteiger partial charge is 0.191 e. The Labute approximate surface area is 196 Å². The van der Waals surface area contributed by atoms with Crippen LogP contribution in [0.2, 0.25) is 0 Å². The van der Waals surface area contributed by atoms with Crippen LogP contribution < -0.4 is 10.6 Å². The molecule has 1 aromatic heterocycles. The van der Waals surface area contributed by atoms with Crippen molar-refractivity contribution in [2.45, 2.75) is 69.1 Å². The zero-order valence-electron chi connectivity index (χ0n) is 17.8. The summed E-state index contributed by atoms with van der Waals surface area (Å²) in [7, 11) is -1.22. The fourth-order valence-corrected chi connectivity index (χ4v) is 4.85. The molecule has 2 rings (SSSR count). The third kappa shape index (κ3) is 8.99. The summed E-state index contributed by atoms with van der Waals surface area (Å²) in [6.07, 6.45) is 10.7. The van der Waals surface area contributed by atoms with Crippen LogP contribution in [0.5, 0.6) is 0 Å². The molecule has 0 radical (unpaired) electrons. The van der Waals surface area contributed by atoms with E-state index in [0.717, 1.165) is 30.4 Å². The monoisotopic (exact) mass is 558 g/mol. The van der Waals surface area contributed by atoms with E-state index in [1.165, 1.54) is 31.9 Å². The van der Waals surface area contributed by atoms with E-state index in [4.69, 9.17) is 0 Å². The second kappa shape index (κ2) is 13.0. The molecule has 1 aliphatic carbocycles. The average molecular weight is 559 g/mol. The van der Waals surface area contributed by atoms with Crippen molar-refractivity contribution in [3.63, 3.8) is 0 Å². The van der Waals surface area contributed by atoms with E-state index in [2.05, 4.69) is 36.6 Å². The molecule has 1 heterocycles. The van der Waals surface area contributed by atoms with Gasteiger partial charge in [0.15, 0.2) is 11.1 Å². The van der Waals surface area contributed by atoms with Crippen LogP contribution in [0.1, 0.15) is 57.3 Å². The molecule has 0 aromatic carbocycles. The number of hydrogen-bond acceptors (Lipinski definition) is 6. The van der Waals surface area contributed by atoms with E-state index < -0.39 is 9.84 Å². The lowest BCUT2D eigenvalue weighted by Crippen LogP contribution is -2.43. The van der Waals surface area contributed by atoms with Crippen molar-refractivity contribution >= 4 is 51.5 Å². The molecule has 1 unspecified atom stereocenters. The third-order valence-electron chi connectivity index (χ3n) is 5.01. The topological polar surface area (TPSA) is 101 Å². The highest BCUT2D eigenvalue weighted by Crippen LogP contribution is 2.33. The molecule has 0 aliphatic heterocycles. The first-order chi connectivity index (χ1) is 13.3. The maximum absolute atomic E-state index is 11.3. The summed E-state index contributed by atoms with van der Waals surface area (Å²) < 4.78 is 24.9. The van der Waals surface area contributed by atoms with E-state index in [0.29, 0.717) is 18.4 Å². The maximum atomic E-state index is 11.3. The first-order valence-electron chi connectivity index (χ1n) is 9.96. The summed E-state index contributed by atoms with van der Waals surface area (Å²) in [5.41, 5.74) is 0. The molecule has 0 spiro atoms. The SMILES string of the molecule is CN=C(NCCCc1nnc(SC)n1C1CCCC1)NC(C)CCS(C)(=O)=O.I. The predicted octanol–water partition coefficient (Wildman–Crippen LogP) is 2.65. The van der Waals surface area contributed by atoms with Gasteiger partial charge in [-0.15, -0.1) is 34.2 Å². The molecule has 11 heteroatoms. The zero-order valence-corrected chi connectivity index (χ0v) is 21.8. The Morgan fingerprint density at radius 3 is 2.62 bits per heavy atom. The molecule has 1 fully saturated rings. The van der Waals surface area contributed by atoms with Crippen molar-refractivity contribution in [2.75, 3.05) is 31.9 Å². The van der Waals surface area contributed by atoms with Crippen LogP contribution in [-0.4, -0.2) is 67.0 Å². The highest BCUT2D eigenvalue weighted by molar-refractivity contribution is 14.0. The number of hydrogen-bond donors (Lipinski definition) is 2. The largest absolute Gasteiger partial charge is 0.356 e. The average Bonchev–Trinajstić information content (AvgIpc) is 3.30. The Kier molecular flexibility index (Phi) is 11.9. The molecule has 0 saturated heterocycles. The van der Waals surface area contributed by atoms with Gasteiger partial charge in [-0.2, -0.15) is 0 Å². The van der Waals surface area contributed by atoms with Crippen molar-refractivity contribution in [3.8, 4) is 0 Å². The minimum Gasteiger partial charge on any atom is -0.356 e. The van der Waals surface area contributed by atoms with Crippen molar-refractivity contribution < 1.29 is 8.42 Å². The number of thioether (sulfide) groups is 1. The first-order valence-corrected chi connectivity index (χ1v) is 13.2. The Hall–Kier alpha value is -0.560. The lowest BCUT2D eigenvalue weighted by molar-refractivity contribution is 0.460. The van der Waals surface area contributed by atoms with Gasteiger partial charge in [0, 0.05) is 38.4 Å². The van der Waals surface area contributed by atoms with Gasteiger partial charge in [0.1, 0.15) is 15.7 Å². The number of aryl methyl sites for hydroxylation is 1. The number of sulfone groups is 1. The molecule has 1 aromatic rings. The summed E-state index contributed by atoms with van der Waals surface area (Å²) in [5.74, 6) is 1.94. The summed E-state index contributed by atoms with van der Waals surface area (Å²) in [4.78, 5) is 4.22. The Balaban J connectivity index is 0.00000420. The number of aliphatic imine (C=N–C) groups is 1. The van der Waals surface area contributed by atoms with Gasteiger partial charge in [0.05, 0.1) is 5.75 Å².